The molecule has 1 aromatic carbocycles. The number of halogens is 1. The number of nitrogens with one attached hydrogen (secondary N) is 1. The smallest absolute Gasteiger partial charge is 0.243 e. The molecule has 0 unspecified atom stereocenters. The van der Waals surface area contributed by atoms with Gasteiger partial charge in [0.15, 0.2) is 5.82 Å². The van der Waals surface area contributed by atoms with Crippen molar-refractivity contribution in [3.8, 4) is 5.75 Å². The molecule has 1 aromatic heterocycles. The number of ether oxygens (including phenoxy) is 1. The van der Waals surface area contributed by atoms with Gasteiger partial charge in [0, 0.05) is 6.42 Å². The summed E-state index contributed by atoms with van der Waals surface area (Å²) in [5.41, 5.74) is 0. The third-order valence-electron chi connectivity index (χ3n) is 3.50. The molecular weight excluding hydrogens is 273 g/mol. The van der Waals surface area contributed by atoms with Crippen LogP contribution in [0.4, 0.5) is 4.39 Å². The minimum Gasteiger partial charge on any atom is -0.493 e. The second-order valence-corrected chi connectivity index (χ2v) is 5.10. The van der Waals surface area contributed by atoms with Crippen LogP contribution in [0.5, 0.6) is 5.75 Å². The Morgan fingerprint density at radius 1 is 1.29 bits per heavy atom. The van der Waals surface area contributed by atoms with E-state index in [1.807, 2.05) is 0 Å². The molecule has 1 atom stereocenters. The summed E-state index contributed by atoms with van der Waals surface area (Å²) in [6.07, 6.45) is 3.98. The van der Waals surface area contributed by atoms with Gasteiger partial charge >= 0.3 is 0 Å². The van der Waals surface area contributed by atoms with Gasteiger partial charge in [0.25, 0.3) is 0 Å². The molecule has 1 N–H and O–H groups in total. The van der Waals surface area contributed by atoms with Crippen molar-refractivity contribution in [3.63, 3.8) is 0 Å². The van der Waals surface area contributed by atoms with E-state index < -0.39 is 0 Å². The molecule has 0 amide bonds. The lowest BCUT2D eigenvalue weighted by molar-refractivity contribution is 0.292. The van der Waals surface area contributed by atoms with Gasteiger partial charge in [0.05, 0.1) is 12.6 Å². The van der Waals surface area contributed by atoms with Gasteiger partial charge in [-0.1, -0.05) is 11.6 Å². The van der Waals surface area contributed by atoms with E-state index in [1.54, 1.807) is 12.1 Å². The second-order valence-electron chi connectivity index (χ2n) is 5.10. The normalized spacial score (nSPS) is 18.6. The van der Waals surface area contributed by atoms with Gasteiger partial charge < -0.3 is 14.6 Å². The van der Waals surface area contributed by atoms with Crippen molar-refractivity contribution < 1.29 is 13.7 Å². The number of piperidine rings is 1. The summed E-state index contributed by atoms with van der Waals surface area (Å²) in [6.45, 7) is 1.43. The Labute approximate surface area is 122 Å². The number of aromatic nitrogens is 2. The molecule has 0 saturated carbocycles. The third kappa shape index (κ3) is 3.78. The maximum atomic E-state index is 12.8. The van der Waals surface area contributed by atoms with Crippen LogP contribution >= 0.6 is 0 Å². The Morgan fingerprint density at radius 3 is 2.90 bits per heavy atom. The quantitative estimate of drug-likeness (QED) is 0.917. The second kappa shape index (κ2) is 6.67. The first-order valence-corrected chi connectivity index (χ1v) is 7.25. The molecular formula is C15H18FN3O2. The lowest BCUT2D eigenvalue weighted by Crippen LogP contribution is -2.27. The molecule has 21 heavy (non-hydrogen) atoms. The summed E-state index contributed by atoms with van der Waals surface area (Å²) in [5, 5.41) is 7.34. The van der Waals surface area contributed by atoms with Crippen molar-refractivity contribution in [3.05, 3.63) is 41.8 Å². The number of hydrogen-bond acceptors (Lipinski definition) is 5. The van der Waals surface area contributed by atoms with Crippen LogP contribution in [-0.4, -0.2) is 23.3 Å². The summed E-state index contributed by atoms with van der Waals surface area (Å²) >= 11 is 0. The van der Waals surface area contributed by atoms with Gasteiger partial charge in [-0.15, -0.1) is 0 Å². The number of rotatable bonds is 5. The zero-order valence-corrected chi connectivity index (χ0v) is 11.7. The highest BCUT2D eigenvalue weighted by Gasteiger charge is 2.20. The van der Waals surface area contributed by atoms with E-state index in [0.717, 1.165) is 13.0 Å². The lowest BCUT2D eigenvalue weighted by atomic mass is 10.1. The highest BCUT2D eigenvalue weighted by Crippen LogP contribution is 2.21. The molecule has 1 aliphatic rings. The molecule has 2 aromatic rings. The largest absolute Gasteiger partial charge is 0.493 e. The number of nitrogens with zero attached hydrogens (tertiary/aromatic N) is 2. The van der Waals surface area contributed by atoms with Crippen LogP contribution in [0.2, 0.25) is 0 Å². The predicted molar refractivity (Wildman–Crippen MR) is 74.5 cm³/mol. The van der Waals surface area contributed by atoms with Crippen LogP contribution in [0.3, 0.4) is 0 Å². The first-order valence-electron chi connectivity index (χ1n) is 7.25. The Morgan fingerprint density at radius 2 is 2.14 bits per heavy atom. The standard InChI is InChI=1S/C15H18FN3O2/c16-11-4-6-12(7-5-11)20-10-8-14-18-15(21-19-14)13-3-1-2-9-17-13/h4-7,13,17H,1-3,8-10H2/t13-/m1/s1. The van der Waals surface area contributed by atoms with Gasteiger partial charge in [0.1, 0.15) is 11.6 Å². The molecule has 5 nitrogen and oxygen atoms in total. The molecule has 6 heteroatoms. The van der Waals surface area contributed by atoms with E-state index >= 15 is 0 Å². The van der Waals surface area contributed by atoms with Gasteiger partial charge in [-0.05, 0) is 43.7 Å². The van der Waals surface area contributed by atoms with E-state index in [2.05, 4.69) is 15.5 Å². The van der Waals surface area contributed by atoms with E-state index in [9.17, 15) is 4.39 Å². The van der Waals surface area contributed by atoms with Gasteiger partial charge in [-0.2, -0.15) is 4.98 Å². The van der Waals surface area contributed by atoms with E-state index in [-0.39, 0.29) is 11.9 Å². The minimum atomic E-state index is -0.273. The Balaban J connectivity index is 1.49. The fraction of sp³-hybridized carbons (Fsp3) is 0.467. The predicted octanol–water partition coefficient (Wildman–Crippen LogP) is 2.64. The fourth-order valence-corrected chi connectivity index (χ4v) is 2.36. The Hall–Kier alpha value is -1.95. The summed E-state index contributed by atoms with van der Waals surface area (Å²) < 4.78 is 23.6. The van der Waals surface area contributed by atoms with E-state index in [0.29, 0.717) is 30.5 Å². The van der Waals surface area contributed by atoms with Gasteiger partial charge in [-0.25, -0.2) is 4.39 Å². The van der Waals surface area contributed by atoms with Crippen LogP contribution in [0.15, 0.2) is 28.8 Å². The highest BCUT2D eigenvalue weighted by atomic mass is 19.1. The molecule has 0 aliphatic carbocycles. The Bertz CT molecular complexity index is 565. The molecule has 0 bridgehead atoms. The van der Waals surface area contributed by atoms with Crippen LogP contribution in [0.1, 0.15) is 37.0 Å². The summed E-state index contributed by atoms with van der Waals surface area (Å²) in [5.74, 6) is 1.66. The molecule has 112 valence electrons. The molecule has 0 radical (unpaired) electrons. The zero-order chi connectivity index (χ0) is 14.5. The third-order valence-corrected chi connectivity index (χ3v) is 3.50. The molecule has 3 rings (SSSR count). The van der Waals surface area contributed by atoms with Crippen molar-refractivity contribution >= 4 is 0 Å². The van der Waals surface area contributed by atoms with Crippen LogP contribution in [0.25, 0.3) is 0 Å². The average molecular weight is 291 g/mol. The molecule has 1 saturated heterocycles. The van der Waals surface area contributed by atoms with E-state index in [4.69, 9.17) is 9.26 Å². The molecule has 2 heterocycles. The van der Waals surface area contributed by atoms with Gasteiger partial charge in [-0.3, -0.25) is 0 Å². The molecule has 0 spiro atoms. The summed E-state index contributed by atoms with van der Waals surface area (Å²) in [6, 6.07) is 6.12. The first kappa shape index (κ1) is 14.0. The lowest BCUT2D eigenvalue weighted by Gasteiger charge is -2.19. The molecule has 1 fully saturated rings. The van der Waals surface area contributed by atoms with Crippen molar-refractivity contribution in [1.29, 1.82) is 0 Å². The van der Waals surface area contributed by atoms with Crippen LogP contribution < -0.4 is 10.1 Å². The number of hydrogen-bond donors (Lipinski definition) is 1. The summed E-state index contributed by atoms with van der Waals surface area (Å²) in [7, 11) is 0. The summed E-state index contributed by atoms with van der Waals surface area (Å²) in [4.78, 5) is 4.40. The van der Waals surface area contributed by atoms with Gasteiger partial charge in [0.2, 0.25) is 5.89 Å². The van der Waals surface area contributed by atoms with E-state index in [1.165, 1.54) is 25.0 Å². The van der Waals surface area contributed by atoms with Crippen molar-refractivity contribution in [2.45, 2.75) is 31.7 Å². The highest BCUT2D eigenvalue weighted by molar-refractivity contribution is 5.22. The topological polar surface area (TPSA) is 60.2 Å². The monoisotopic (exact) mass is 291 g/mol. The zero-order valence-electron chi connectivity index (χ0n) is 11.7. The SMILES string of the molecule is Fc1ccc(OCCc2noc([C@H]3CCCCN3)n2)cc1. The van der Waals surface area contributed by atoms with Crippen LogP contribution in [-0.2, 0) is 6.42 Å². The number of benzene rings is 1. The first-order chi connectivity index (χ1) is 10.3. The Kier molecular flexibility index (Phi) is 4.45. The fourth-order valence-electron chi connectivity index (χ4n) is 2.36. The van der Waals surface area contributed by atoms with Crippen LogP contribution in [0, 0.1) is 5.82 Å². The van der Waals surface area contributed by atoms with Crippen molar-refractivity contribution in [2.75, 3.05) is 13.2 Å². The maximum absolute atomic E-state index is 12.8. The molecule has 1 aliphatic heterocycles. The van der Waals surface area contributed by atoms with Crippen molar-refractivity contribution in [1.82, 2.24) is 15.5 Å². The van der Waals surface area contributed by atoms with Crippen molar-refractivity contribution in [2.24, 2.45) is 0 Å². The maximum Gasteiger partial charge on any atom is 0.243 e. The minimum absolute atomic E-state index is 0.179. The average Bonchev–Trinajstić information content (AvgIpc) is 2.99.